The van der Waals surface area contributed by atoms with Crippen molar-refractivity contribution in [3.63, 3.8) is 0 Å². The standard InChI is InChI=1S/C19H20N4O2/c1-12-7-8-15(13(2)9-12)20-11-18(24)22-23-19(25)17-10-14-5-3-4-6-16(14)21-17/h3-10,20-21H,11H2,1-2H3,(H,22,24)(H,23,25). The molecule has 0 bridgehead atoms. The maximum Gasteiger partial charge on any atom is 0.286 e. The Hall–Kier alpha value is -3.28. The summed E-state index contributed by atoms with van der Waals surface area (Å²) in [6.45, 7) is 4.06. The highest BCUT2D eigenvalue weighted by molar-refractivity contribution is 5.98. The number of benzene rings is 2. The van der Waals surface area contributed by atoms with E-state index in [1.54, 1.807) is 6.07 Å². The summed E-state index contributed by atoms with van der Waals surface area (Å²) in [6.07, 6.45) is 0. The molecule has 2 amide bonds. The van der Waals surface area contributed by atoms with Gasteiger partial charge in [-0.1, -0.05) is 35.9 Å². The fourth-order valence-corrected chi connectivity index (χ4v) is 2.62. The first-order valence-electron chi connectivity index (χ1n) is 8.01. The van der Waals surface area contributed by atoms with E-state index in [9.17, 15) is 9.59 Å². The average Bonchev–Trinajstić information content (AvgIpc) is 3.03. The number of H-pyrrole nitrogens is 1. The van der Waals surface area contributed by atoms with Crippen LogP contribution < -0.4 is 16.2 Å². The lowest BCUT2D eigenvalue weighted by molar-refractivity contribution is -0.120. The summed E-state index contributed by atoms with van der Waals surface area (Å²) in [5, 5.41) is 3.99. The largest absolute Gasteiger partial charge is 0.376 e. The van der Waals surface area contributed by atoms with Crippen LogP contribution in [0.4, 0.5) is 5.69 Å². The Balaban J connectivity index is 1.52. The molecule has 1 heterocycles. The zero-order valence-corrected chi connectivity index (χ0v) is 14.1. The van der Waals surface area contributed by atoms with Crippen LogP contribution >= 0.6 is 0 Å². The average molecular weight is 336 g/mol. The highest BCUT2D eigenvalue weighted by Crippen LogP contribution is 2.15. The minimum absolute atomic E-state index is 0.0664. The normalized spacial score (nSPS) is 10.5. The lowest BCUT2D eigenvalue weighted by Crippen LogP contribution is -2.44. The maximum atomic E-state index is 12.1. The number of aromatic nitrogens is 1. The molecule has 0 fully saturated rings. The smallest absolute Gasteiger partial charge is 0.286 e. The van der Waals surface area contributed by atoms with E-state index in [1.165, 1.54) is 0 Å². The molecule has 0 atom stereocenters. The summed E-state index contributed by atoms with van der Waals surface area (Å²) in [7, 11) is 0. The molecule has 0 aliphatic rings. The van der Waals surface area contributed by atoms with Gasteiger partial charge < -0.3 is 10.3 Å². The molecule has 3 rings (SSSR count). The molecule has 128 valence electrons. The second-order valence-electron chi connectivity index (χ2n) is 5.94. The fraction of sp³-hybridized carbons (Fsp3) is 0.158. The lowest BCUT2D eigenvalue weighted by atomic mass is 10.1. The molecule has 0 aliphatic heterocycles. The monoisotopic (exact) mass is 336 g/mol. The molecule has 0 radical (unpaired) electrons. The van der Waals surface area contributed by atoms with Crippen molar-refractivity contribution < 1.29 is 9.59 Å². The predicted molar refractivity (Wildman–Crippen MR) is 98.3 cm³/mol. The Morgan fingerprint density at radius 2 is 1.80 bits per heavy atom. The number of rotatable bonds is 4. The Labute approximate surface area is 145 Å². The Kier molecular flexibility index (Phi) is 4.70. The number of hydrazine groups is 1. The summed E-state index contributed by atoms with van der Waals surface area (Å²) >= 11 is 0. The molecule has 25 heavy (non-hydrogen) atoms. The topological polar surface area (TPSA) is 86.0 Å². The van der Waals surface area contributed by atoms with Gasteiger partial charge in [0.05, 0.1) is 6.54 Å². The Morgan fingerprint density at radius 1 is 1.00 bits per heavy atom. The summed E-state index contributed by atoms with van der Waals surface area (Å²) in [6, 6.07) is 15.3. The third-order valence-electron chi connectivity index (χ3n) is 3.91. The van der Waals surface area contributed by atoms with Crippen molar-refractivity contribution in [2.75, 3.05) is 11.9 Å². The number of hydrogen-bond acceptors (Lipinski definition) is 3. The zero-order chi connectivity index (χ0) is 17.8. The van der Waals surface area contributed by atoms with Crippen LogP contribution in [-0.4, -0.2) is 23.3 Å². The number of carbonyl (C=O) groups is 2. The molecule has 0 aliphatic carbocycles. The van der Waals surface area contributed by atoms with E-state index < -0.39 is 5.91 Å². The lowest BCUT2D eigenvalue weighted by Gasteiger charge is -2.11. The van der Waals surface area contributed by atoms with Crippen molar-refractivity contribution in [3.05, 3.63) is 65.4 Å². The van der Waals surface area contributed by atoms with Gasteiger partial charge >= 0.3 is 0 Å². The van der Waals surface area contributed by atoms with Crippen LogP contribution in [0.3, 0.4) is 0 Å². The van der Waals surface area contributed by atoms with E-state index in [4.69, 9.17) is 0 Å². The van der Waals surface area contributed by atoms with Crippen LogP contribution in [-0.2, 0) is 4.79 Å². The summed E-state index contributed by atoms with van der Waals surface area (Å²) in [5.41, 5.74) is 9.20. The van der Waals surface area contributed by atoms with Crippen LogP contribution in [0.1, 0.15) is 21.6 Å². The van der Waals surface area contributed by atoms with E-state index in [1.807, 2.05) is 56.3 Å². The minimum Gasteiger partial charge on any atom is -0.376 e. The number of amides is 2. The van der Waals surface area contributed by atoms with Crippen LogP contribution in [0, 0.1) is 13.8 Å². The number of aromatic amines is 1. The molecule has 6 nitrogen and oxygen atoms in total. The van der Waals surface area contributed by atoms with Crippen molar-refractivity contribution in [1.29, 1.82) is 0 Å². The summed E-state index contributed by atoms with van der Waals surface area (Å²) < 4.78 is 0. The number of hydrogen-bond donors (Lipinski definition) is 4. The van der Waals surface area contributed by atoms with E-state index in [0.717, 1.165) is 27.7 Å². The maximum absolute atomic E-state index is 12.1. The van der Waals surface area contributed by atoms with E-state index in [-0.39, 0.29) is 12.5 Å². The van der Waals surface area contributed by atoms with Crippen molar-refractivity contribution in [2.24, 2.45) is 0 Å². The van der Waals surface area contributed by atoms with Gasteiger partial charge in [-0.2, -0.15) is 0 Å². The van der Waals surface area contributed by atoms with Crippen molar-refractivity contribution >= 4 is 28.4 Å². The van der Waals surface area contributed by atoms with Crippen LogP contribution in [0.15, 0.2) is 48.5 Å². The van der Waals surface area contributed by atoms with Crippen molar-refractivity contribution in [2.45, 2.75) is 13.8 Å². The SMILES string of the molecule is Cc1ccc(NCC(=O)NNC(=O)c2cc3ccccc3[nH]2)c(C)c1. The van der Waals surface area contributed by atoms with Crippen LogP contribution in [0.25, 0.3) is 10.9 Å². The molecular formula is C19H20N4O2. The van der Waals surface area contributed by atoms with Gasteiger partial charge in [-0.25, -0.2) is 0 Å². The van der Waals surface area contributed by atoms with Gasteiger partial charge in [0.2, 0.25) is 0 Å². The summed E-state index contributed by atoms with van der Waals surface area (Å²) in [5.74, 6) is -0.722. The predicted octanol–water partition coefficient (Wildman–Crippen LogP) is 2.66. The summed E-state index contributed by atoms with van der Waals surface area (Å²) in [4.78, 5) is 27.0. The Bertz CT molecular complexity index is 897. The van der Waals surface area contributed by atoms with Gasteiger partial charge in [0, 0.05) is 16.6 Å². The number of anilines is 1. The van der Waals surface area contributed by atoms with Gasteiger partial charge in [-0.3, -0.25) is 20.4 Å². The Morgan fingerprint density at radius 3 is 2.56 bits per heavy atom. The van der Waals surface area contributed by atoms with Gasteiger partial charge in [0.25, 0.3) is 11.8 Å². The zero-order valence-electron chi connectivity index (χ0n) is 14.1. The van der Waals surface area contributed by atoms with Gasteiger partial charge in [0.1, 0.15) is 5.69 Å². The molecule has 6 heteroatoms. The van der Waals surface area contributed by atoms with Crippen molar-refractivity contribution in [3.8, 4) is 0 Å². The second-order valence-corrected chi connectivity index (χ2v) is 5.94. The molecule has 2 aromatic carbocycles. The number of aryl methyl sites for hydroxylation is 2. The third-order valence-corrected chi connectivity index (χ3v) is 3.91. The fourth-order valence-electron chi connectivity index (χ4n) is 2.62. The molecule has 0 spiro atoms. The quantitative estimate of drug-likeness (QED) is 0.553. The highest BCUT2D eigenvalue weighted by atomic mass is 16.2. The van der Waals surface area contributed by atoms with E-state index in [2.05, 4.69) is 21.2 Å². The second kappa shape index (κ2) is 7.09. The first-order valence-corrected chi connectivity index (χ1v) is 8.01. The number of nitrogens with one attached hydrogen (secondary N) is 4. The first kappa shape index (κ1) is 16.6. The third kappa shape index (κ3) is 3.98. The van der Waals surface area contributed by atoms with Gasteiger partial charge in [0.15, 0.2) is 0 Å². The molecule has 4 N–H and O–H groups in total. The molecule has 1 aromatic heterocycles. The number of carbonyl (C=O) groups excluding carboxylic acids is 2. The van der Waals surface area contributed by atoms with Crippen LogP contribution in [0.5, 0.6) is 0 Å². The number of para-hydroxylation sites is 1. The van der Waals surface area contributed by atoms with Gasteiger partial charge in [-0.05, 0) is 37.6 Å². The van der Waals surface area contributed by atoms with Crippen LogP contribution in [0.2, 0.25) is 0 Å². The molecule has 3 aromatic rings. The molecular weight excluding hydrogens is 316 g/mol. The first-order chi connectivity index (χ1) is 12.0. The molecule has 0 saturated carbocycles. The molecule has 0 saturated heterocycles. The van der Waals surface area contributed by atoms with Crippen molar-refractivity contribution in [1.82, 2.24) is 15.8 Å². The highest BCUT2D eigenvalue weighted by Gasteiger charge is 2.10. The van der Waals surface area contributed by atoms with Gasteiger partial charge in [-0.15, -0.1) is 0 Å². The molecule has 0 unspecified atom stereocenters. The van der Waals surface area contributed by atoms with E-state index in [0.29, 0.717) is 5.69 Å². The minimum atomic E-state index is -0.393. The number of fused-ring (bicyclic) bond motifs is 1. The van der Waals surface area contributed by atoms with E-state index >= 15 is 0 Å².